The van der Waals surface area contributed by atoms with Crippen LogP contribution in [0.15, 0.2) is 30.3 Å². The summed E-state index contributed by atoms with van der Waals surface area (Å²) in [6.45, 7) is 5.42. The van der Waals surface area contributed by atoms with Crippen molar-refractivity contribution in [1.29, 1.82) is 0 Å². The molecule has 1 aromatic carbocycles. The summed E-state index contributed by atoms with van der Waals surface area (Å²) in [6, 6.07) is 10.7. The highest BCUT2D eigenvalue weighted by Gasteiger charge is 2.18. The van der Waals surface area contributed by atoms with Gasteiger partial charge >= 0.3 is 0 Å². The van der Waals surface area contributed by atoms with Crippen LogP contribution in [0.4, 0.5) is 0 Å². The van der Waals surface area contributed by atoms with Crippen molar-refractivity contribution in [3.8, 4) is 0 Å². The highest BCUT2D eigenvalue weighted by molar-refractivity contribution is 5.23. The van der Waals surface area contributed by atoms with E-state index in [4.69, 9.17) is 5.73 Å². The van der Waals surface area contributed by atoms with Crippen LogP contribution in [0.1, 0.15) is 38.7 Å². The molecule has 1 heteroatoms. The van der Waals surface area contributed by atoms with E-state index in [2.05, 4.69) is 44.2 Å². The van der Waals surface area contributed by atoms with Gasteiger partial charge in [-0.05, 0) is 30.4 Å². The normalized spacial score (nSPS) is 11.6. The lowest BCUT2D eigenvalue weighted by atomic mass is 9.80. The second kappa shape index (κ2) is 5.16. The number of hydrogen-bond acceptors (Lipinski definition) is 1. The maximum absolute atomic E-state index is 5.50. The topological polar surface area (TPSA) is 26.0 Å². The van der Waals surface area contributed by atoms with Crippen molar-refractivity contribution in [3.05, 3.63) is 35.9 Å². The zero-order valence-electron chi connectivity index (χ0n) is 9.29. The first-order valence-electron chi connectivity index (χ1n) is 5.42. The number of unbranched alkanes of at least 4 members (excludes halogenated alkanes) is 1. The van der Waals surface area contributed by atoms with Crippen molar-refractivity contribution in [3.63, 3.8) is 0 Å². The predicted octanol–water partition coefficient (Wildman–Crippen LogP) is 3.09. The first-order chi connectivity index (χ1) is 6.67. The molecule has 0 saturated heterocycles. The zero-order chi connectivity index (χ0) is 10.4. The summed E-state index contributed by atoms with van der Waals surface area (Å²) in [7, 11) is 0. The van der Waals surface area contributed by atoms with E-state index >= 15 is 0 Å². The Kier molecular flexibility index (Phi) is 4.15. The second-order valence-electron chi connectivity index (χ2n) is 4.50. The molecule has 0 atom stereocenters. The van der Waals surface area contributed by atoms with Gasteiger partial charge in [0.05, 0.1) is 0 Å². The van der Waals surface area contributed by atoms with E-state index in [1.54, 1.807) is 0 Å². The lowest BCUT2D eigenvalue weighted by Gasteiger charge is -2.25. The van der Waals surface area contributed by atoms with Crippen molar-refractivity contribution >= 4 is 0 Å². The Hall–Kier alpha value is -0.820. The summed E-state index contributed by atoms with van der Waals surface area (Å²) in [6.07, 6.45) is 3.57. The minimum absolute atomic E-state index is 0.288. The van der Waals surface area contributed by atoms with E-state index in [0.717, 1.165) is 13.0 Å². The minimum Gasteiger partial charge on any atom is -0.330 e. The molecule has 1 aromatic rings. The predicted molar refractivity (Wildman–Crippen MR) is 62.4 cm³/mol. The molecule has 0 saturated carbocycles. The summed E-state index contributed by atoms with van der Waals surface area (Å²) in [5.41, 5.74) is 7.21. The molecule has 0 aliphatic heterocycles. The van der Waals surface area contributed by atoms with Gasteiger partial charge in [0.1, 0.15) is 0 Å². The molecule has 78 valence electrons. The Balaban J connectivity index is 2.56. The first kappa shape index (κ1) is 11.3. The number of nitrogens with two attached hydrogens (primary N) is 1. The van der Waals surface area contributed by atoms with Crippen LogP contribution in [-0.4, -0.2) is 6.54 Å². The van der Waals surface area contributed by atoms with Crippen LogP contribution in [0.25, 0.3) is 0 Å². The van der Waals surface area contributed by atoms with Gasteiger partial charge in [-0.25, -0.2) is 0 Å². The number of rotatable bonds is 5. The molecule has 0 fully saturated rings. The van der Waals surface area contributed by atoms with Gasteiger partial charge in [-0.2, -0.15) is 0 Å². The van der Waals surface area contributed by atoms with E-state index in [1.807, 2.05) is 0 Å². The Morgan fingerprint density at radius 3 is 2.29 bits per heavy atom. The Morgan fingerprint density at radius 2 is 1.71 bits per heavy atom. The second-order valence-corrected chi connectivity index (χ2v) is 4.50. The van der Waals surface area contributed by atoms with E-state index in [-0.39, 0.29) is 5.41 Å². The lowest BCUT2D eigenvalue weighted by molar-refractivity contribution is 0.454. The summed E-state index contributed by atoms with van der Waals surface area (Å²) in [5, 5.41) is 0. The fraction of sp³-hybridized carbons (Fsp3) is 0.538. The van der Waals surface area contributed by atoms with E-state index < -0.39 is 0 Å². The largest absolute Gasteiger partial charge is 0.330 e. The molecular formula is C13H21N. The maximum Gasteiger partial charge on any atom is -0.00773 e. The zero-order valence-corrected chi connectivity index (χ0v) is 9.29. The van der Waals surface area contributed by atoms with Crippen LogP contribution in [0.3, 0.4) is 0 Å². The molecule has 0 unspecified atom stereocenters. The molecule has 0 amide bonds. The van der Waals surface area contributed by atoms with Crippen molar-refractivity contribution < 1.29 is 0 Å². The summed E-state index contributed by atoms with van der Waals surface area (Å²) < 4.78 is 0. The molecule has 0 spiro atoms. The monoisotopic (exact) mass is 191 g/mol. The van der Waals surface area contributed by atoms with E-state index in [0.29, 0.717) is 0 Å². The van der Waals surface area contributed by atoms with E-state index in [1.165, 1.54) is 18.4 Å². The Bertz CT molecular complexity index is 251. The molecule has 1 nitrogen and oxygen atoms in total. The van der Waals surface area contributed by atoms with Gasteiger partial charge in [-0.15, -0.1) is 0 Å². The molecule has 1 rings (SSSR count). The number of hydrogen-bond donors (Lipinski definition) is 1. The van der Waals surface area contributed by atoms with Gasteiger partial charge in [0.25, 0.3) is 0 Å². The van der Waals surface area contributed by atoms with Gasteiger partial charge in [-0.1, -0.05) is 50.6 Å². The van der Waals surface area contributed by atoms with Gasteiger partial charge in [0.15, 0.2) is 0 Å². The van der Waals surface area contributed by atoms with Gasteiger partial charge in [-0.3, -0.25) is 0 Å². The molecule has 0 bridgehead atoms. The summed E-state index contributed by atoms with van der Waals surface area (Å²) in [5.74, 6) is 0. The quantitative estimate of drug-likeness (QED) is 0.711. The van der Waals surface area contributed by atoms with Crippen LogP contribution in [0.2, 0.25) is 0 Å². The molecule has 0 heterocycles. The molecule has 14 heavy (non-hydrogen) atoms. The van der Waals surface area contributed by atoms with Crippen molar-refractivity contribution in [1.82, 2.24) is 0 Å². The minimum atomic E-state index is 0.288. The van der Waals surface area contributed by atoms with Gasteiger partial charge in [0, 0.05) is 0 Å². The van der Waals surface area contributed by atoms with Crippen LogP contribution in [0, 0.1) is 0 Å². The number of benzene rings is 1. The molecular weight excluding hydrogens is 170 g/mol. The van der Waals surface area contributed by atoms with E-state index in [9.17, 15) is 0 Å². The molecule has 0 aliphatic rings. The Labute approximate surface area is 87.3 Å². The van der Waals surface area contributed by atoms with Gasteiger partial charge < -0.3 is 5.73 Å². The fourth-order valence-corrected chi connectivity index (χ4v) is 1.74. The standard InChI is InChI=1S/C13H21N/c1-13(2,10-6-7-11-14)12-8-4-3-5-9-12/h3-5,8-9H,6-7,10-11,14H2,1-2H3. The SMILES string of the molecule is CC(C)(CCCCN)c1ccccc1. The lowest BCUT2D eigenvalue weighted by Crippen LogP contribution is -2.17. The van der Waals surface area contributed by atoms with Crippen molar-refractivity contribution in [2.45, 2.75) is 38.5 Å². The van der Waals surface area contributed by atoms with Crippen molar-refractivity contribution in [2.24, 2.45) is 5.73 Å². The van der Waals surface area contributed by atoms with Crippen LogP contribution >= 0.6 is 0 Å². The third-order valence-corrected chi connectivity index (χ3v) is 2.81. The van der Waals surface area contributed by atoms with Crippen molar-refractivity contribution in [2.75, 3.05) is 6.54 Å². The fourth-order valence-electron chi connectivity index (χ4n) is 1.74. The third kappa shape index (κ3) is 3.15. The van der Waals surface area contributed by atoms with Crippen LogP contribution in [-0.2, 0) is 5.41 Å². The van der Waals surface area contributed by atoms with Crippen LogP contribution in [0.5, 0.6) is 0 Å². The van der Waals surface area contributed by atoms with Crippen LogP contribution < -0.4 is 5.73 Å². The third-order valence-electron chi connectivity index (χ3n) is 2.81. The summed E-state index contributed by atoms with van der Waals surface area (Å²) in [4.78, 5) is 0. The summed E-state index contributed by atoms with van der Waals surface area (Å²) >= 11 is 0. The highest BCUT2D eigenvalue weighted by atomic mass is 14.5. The molecule has 0 aromatic heterocycles. The Morgan fingerprint density at radius 1 is 1.07 bits per heavy atom. The maximum atomic E-state index is 5.50. The average molecular weight is 191 g/mol. The average Bonchev–Trinajstić information content (AvgIpc) is 2.19. The molecule has 2 N–H and O–H groups in total. The molecule has 0 radical (unpaired) electrons. The first-order valence-corrected chi connectivity index (χ1v) is 5.42. The smallest absolute Gasteiger partial charge is 0.00773 e. The molecule has 0 aliphatic carbocycles. The highest BCUT2D eigenvalue weighted by Crippen LogP contribution is 2.28. The van der Waals surface area contributed by atoms with Gasteiger partial charge in [0.2, 0.25) is 0 Å².